The summed E-state index contributed by atoms with van der Waals surface area (Å²) in [6.45, 7) is 2.08. The fourth-order valence-corrected chi connectivity index (χ4v) is 3.60. The third-order valence-electron chi connectivity index (χ3n) is 3.64. The number of hydrogen-bond donors (Lipinski definition) is 1. The molecule has 0 aliphatic carbocycles. The van der Waals surface area contributed by atoms with Gasteiger partial charge in [0.05, 0.1) is 11.4 Å². The molecule has 1 aliphatic rings. The summed E-state index contributed by atoms with van der Waals surface area (Å²) in [6, 6.07) is 7.50. The molecular formula is C16H18ClN3OS. The topological polar surface area (TPSA) is 46.9 Å². The molecule has 0 atom stereocenters. The maximum absolute atomic E-state index is 12.1. The van der Waals surface area contributed by atoms with Crippen molar-refractivity contribution >= 4 is 35.1 Å². The Bertz CT molecular complexity index is 681. The molecule has 2 aromatic rings. The summed E-state index contributed by atoms with van der Waals surface area (Å²) in [5.74, 6) is 2.65. The van der Waals surface area contributed by atoms with Gasteiger partial charge in [0.1, 0.15) is 5.82 Å². The lowest BCUT2D eigenvalue weighted by Crippen LogP contribution is -2.15. The van der Waals surface area contributed by atoms with Crippen LogP contribution in [0.4, 0.5) is 5.82 Å². The molecular weight excluding hydrogens is 318 g/mol. The second kappa shape index (κ2) is 6.75. The zero-order chi connectivity index (χ0) is 15.5. The summed E-state index contributed by atoms with van der Waals surface area (Å²) in [5, 5.41) is 8.40. The van der Waals surface area contributed by atoms with E-state index in [0.717, 1.165) is 47.1 Å². The van der Waals surface area contributed by atoms with Gasteiger partial charge in [0.15, 0.2) is 0 Å². The minimum Gasteiger partial charge on any atom is -0.310 e. The number of carbonyl (C=O) groups is 1. The summed E-state index contributed by atoms with van der Waals surface area (Å²) in [7, 11) is 0. The molecule has 2 heterocycles. The number of halogens is 1. The van der Waals surface area contributed by atoms with Gasteiger partial charge in [0.25, 0.3) is 0 Å². The number of hydrogen-bond acceptors (Lipinski definition) is 3. The summed E-state index contributed by atoms with van der Waals surface area (Å²) >= 11 is 7.78. The van der Waals surface area contributed by atoms with E-state index in [1.54, 1.807) is 0 Å². The van der Waals surface area contributed by atoms with Gasteiger partial charge in [-0.25, -0.2) is 4.68 Å². The molecule has 0 fully saturated rings. The fourth-order valence-electron chi connectivity index (χ4n) is 2.44. The third kappa shape index (κ3) is 3.15. The number of nitrogens with zero attached hydrogens (tertiary/aromatic N) is 2. The molecule has 1 N–H and O–H groups in total. The number of benzene rings is 1. The normalized spacial score (nSPS) is 13.2. The number of nitrogens with one attached hydrogen (secondary N) is 1. The average Bonchev–Trinajstić information content (AvgIpc) is 3.09. The number of carbonyl (C=O) groups excluding carboxylic acids is 1. The Hall–Kier alpha value is -1.46. The van der Waals surface area contributed by atoms with Crippen molar-refractivity contribution in [3.05, 3.63) is 40.5 Å². The molecule has 1 aliphatic heterocycles. The molecule has 0 radical (unpaired) electrons. The fraction of sp³-hybridized carbons (Fsp3) is 0.375. The maximum Gasteiger partial charge on any atom is 0.225 e. The number of anilines is 1. The van der Waals surface area contributed by atoms with Gasteiger partial charge in [-0.1, -0.05) is 24.9 Å². The number of aromatic nitrogens is 2. The highest BCUT2D eigenvalue weighted by Crippen LogP contribution is 2.36. The van der Waals surface area contributed by atoms with Gasteiger partial charge in [-0.05, 0) is 30.7 Å². The van der Waals surface area contributed by atoms with Gasteiger partial charge < -0.3 is 5.32 Å². The number of thioether (sulfide) groups is 1. The van der Waals surface area contributed by atoms with Gasteiger partial charge in [0, 0.05) is 28.5 Å². The van der Waals surface area contributed by atoms with Crippen molar-refractivity contribution in [1.82, 2.24) is 9.78 Å². The van der Waals surface area contributed by atoms with Crippen molar-refractivity contribution in [2.24, 2.45) is 0 Å². The van der Waals surface area contributed by atoms with E-state index in [1.807, 2.05) is 40.7 Å². The van der Waals surface area contributed by atoms with Gasteiger partial charge >= 0.3 is 0 Å². The van der Waals surface area contributed by atoms with Crippen molar-refractivity contribution in [3.63, 3.8) is 0 Å². The number of rotatable bonds is 5. The minimum absolute atomic E-state index is 0.0525. The second-order valence-electron chi connectivity index (χ2n) is 5.31. The SMILES string of the molecule is CCCCC(=O)Nc1c2c(nn1-c1ccc(Cl)cc1)CSC2. The molecule has 1 aromatic heterocycles. The van der Waals surface area contributed by atoms with E-state index in [4.69, 9.17) is 11.6 Å². The van der Waals surface area contributed by atoms with Crippen LogP contribution < -0.4 is 5.32 Å². The quantitative estimate of drug-likeness (QED) is 0.880. The summed E-state index contributed by atoms with van der Waals surface area (Å²) in [5.41, 5.74) is 3.12. The monoisotopic (exact) mass is 335 g/mol. The molecule has 0 saturated heterocycles. The van der Waals surface area contributed by atoms with E-state index in [2.05, 4.69) is 17.3 Å². The first-order valence-electron chi connectivity index (χ1n) is 7.43. The van der Waals surface area contributed by atoms with Crippen molar-refractivity contribution in [1.29, 1.82) is 0 Å². The van der Waals surface area contributed by atoms with E-state index >= 15 is 0 Å². The second-order valence-corrected chi connectivity index (χ2v) is 6.73. The Morgan fingerprint density at radius 1 is 1.36 bits per heavy atom. The Labute approximate surface area is 139 Å². The van der Waals surface area contributed by atoms with Crippen LogP contribution in [0.3, 0.4) is 0 Å². The number of fused-ring (bicyclic) bond motifs is 1. The molecule has 1 amide bonds. The summed E-state index contributed by atoms with van der Waals surface area (Å²) in [6.07, 6.45) is 2.46. The standard InChI is InChI=1S/C16H18ClN3OS/c1-2-3-4-15(21)18-16-13-9-22-10-14(13)19-20(16)12-7-5-11(17)6-8-12/h5-8H,2-4,9-10H2,1H3,(H,18,21). The van der Waals surface area contributed by atoms with E-state index in [0.29, 0.717) is 11.4 Å². The van der Waals surface area contributed by atoms with Crippen molar-refractivity contribution < 1.29 is 4.79 Å². The molecule has 0 spiro atoms. The highest BCUT2D eigenvalue weighted by Gasteiger charge is 2.24. The van der Waals surface area contributed by atoms with Crippen LogP contribution in [0.15, 0.2) is 24.3 Å². The minimum atomic E-state index is 0.0525. The van der Waals surface area contributed by atoms with Crippen LogP contribution in [0.2, 0.25) is 5.02 Å². The Balaban J connectivity index is 1.93. The highest BCUT2D eigenvalue weighted by molar-refractivity contribution is 7.98. The predicted octanol–water partition coefficient (Wildman–Crippen LogP) is 4.40. The smallest absolute Gasteiger partial charge is 0.225 e. The third-order valence-corrected chi connectivity index (χ3v) is 4.86. The molecule has 3 rings (SSSR count). The average molecular weight is 336 g/mol. The first-order valence-corrected chi connectivity index (χ1v) is 8.96. The Morgan fingerprint density at radius 2 is 2.14 bits per heavy atom. The van der Waals surface area contributed by atoms with Crippen LogP contribution in [0.25, 0.3) is 5.69 Å². The lowest BCUT2D eigenvalue weighted by atomic mass is 10.2. The van der Waals surface area contributed by atoms with E-state index in [9.17, 15) is 4.79 Å². The van der Waals surface area contributed by atoms with Crippen LogP contribution >= 0.6 is 23.4 Å². The van der Waals surface area contributed by atoms with Crippen LogP contribution in [0, 0.1) is 0 Å². The molecule has 0 unspecified atom stereocenters. The Morgan fingerprint density at radius 3 is 2.86 bits per heavy atom. The molecule has 4 nitrogen and oxygen atoms in total. The number of unbranched alkanes of at least 4 members (excludes halogenated alkanes) is 1. The van der Waals surface area contributed by atoms with Crippen molar-refractivity contribution in [3.8, 4) is 5.69 Å². The largest absolute Gasteiger partial charge is 0.310 e. The van der Waals surface area contributed by atoms with Crippen molar-refractivity contribution in [2.75, 3.05) is 5.32 Å². The zero-order valence-electron chi connectivity index (χ0n) is 12.4. The Kier molecular flexibility index (Phi) is 4.74. The van der Waals surface area contributed by atoms with Gasteiger partial charge in [0.2, 0.25) is 5.91 Å². The zero-order valence-corrected chi connectivity index (χ0v) is 14.0. The predicted molar refractivity (Wildman–Crippen MR) is 91.7 cm³/mol. The van der Waals surface area contributed by atoms with Crippen LogP contribution in [0.5, 0.6) is 0 Å². The van der Waals surface area contributed by atoms with Crippen LogP contribution in [0.1, 0.15) is 37.4 Å². The molecule has 22 heavy (non-hydrogen) atoms. The lowest BCUT2D eigenvalue weighted by Gasteiger charge is -2.11. The number of amides is 1. The molecule has 0 bridgehead atoms. The lowest BCUT2D eigenvalue weighted by molar-refractivity contribution is -0.116. The molecule has 116 valence electrons. The molecule has 1 aromatic carbocycles. The highest BCUT2D eigenvalue weighted by atomic mass is 35.5. The molecule has 0 saturated carbocycles. The van der Waals surface area contributed by atoms with Gasteiger partial charge in [-0.2, -0.15) is 16.9 Å². The van der Waals surface area contributed by atoms with Crippen LogP contribution in [-0.2, 0) is 16.3 Å². The first-order chi connectivity index (χ1) is 10.7. The van der Waals surface area contributed by atoms with E-state index in [1.165, 1.54) is 0 Å². The van der Waals surface area contributed by atoms with E-state index in [-0.39, 0.29) is 5.91 Å². The van der Waals surface area contributed by atoms with Crippen LogP contribution in [-0.4, -0.2) is 15.7 Å². The summed E-state index contributed by atoms with van der Waals surface area (Å²) < 4.78 is 1.82. The van der Waals surface area contributed by atoms with Crippen molar-refractivity contribution in [2.45, 2.75) is 37.7 Å². The maximum atomic E-state index is 12.1. The first kappa shape index (κ1) is 15.4. The molecule has 6 heteroatoms. The van der Waals surface area contributed by atoms with Gasteiger partial charge in [-0.3, -0.25) is 4.79 Å². The summed E-state index contributed by atoms with van der Waals surface area (Å²) in [4.78, 5) is 12.1. The van der Waals surface area contributed by atoms with E-state index < -0.39 is 0 Å². The van der Waals surface area contributed by atoms with Gasteiger partial charge in [-0.15, -0.1) is 0 Å².